The highest BCUT2D eigenvalue weighted by Crippen LogP contribution is 2.22. The highest BCUT2D eigenvalue weighted by molar-refractivity contribution is 7.92. The summed E-state index contributed by atoms with van der Waals surface area (Å²) in [4.78, 5) is 19.6. The molecule has 0 spiro atoms. The molecule has 1 amide bonds. The highest BCUT2D eigenvalue weighted by Gasteiger charge is 2.17. The van der Waals surface area contributed by atoms with Crippen molar-refractivity contribution in [2.75, 3.05) is 23.1 Å². The van der Waals surface area contributed by atoms with Crippen LogP contribution in [0.15, 0.2) is 58.8 Å². The first-order valence-corrected chi connectivity index (χ1v) is 12.9. The normalized spacial score (nSPS) is 14.8. The Labute approximate surface area is 192 Å². The second kappa shape index (κ2) is 9.81. The molecule has 2 N–H and O–H groups in total. The van der Waals surface area contributed by atoms with Crippen LogP contribution in [0.4, 0.5) is 10.8 Å². The van der Waals surface area contributed by atoms with Crippen molar-refractivity contribution in [3.8, 4) is 0 Å². The van der Waals surface area contributed by atoms with Crippen LogP contribution in [0.5, 0.6) is 0 Å². The molecule has 1 aliphatic heterocycles. The summed E-state index contributed by atoms with van der Waals surface area (Å²) in [6.07, 6.45) is 3.73. The highest BCUT2D eigenvalue weighted by atomic mass is 32.2. The maximum Gasteiger partial charge on any atom is 0.261 e. The minimum absolute atomic E-state index is 0.0929. The predicted molar refractivity (Wildman–Crippen MR) is 128 cm³/mol. The molecule has 0 aliphatic carbocycles. The van der Waals surface area contributed by atoms with E-state index in [-0.39, 0.29) is 10.8 Å². The average molecular weight is 471 g/mol. The van der Waals surface area contributed by atoms with Gasteiger partial charge in [0.15, 0.2) is 5.13 Å². The van der Waals surface area contributed by atoms with Crippen molar-refractivity contribution >= 4 is 38.1 Å². The van der Waals surface area contributed by atoms with Gasteiger partial charge in [-0.25, -0.2) is 13.4 Å². The van der Waals surface area contributed by atoms with Crippen LogP contribution in [0.2, 0.25) is 0 Å². The molecule has 0 bridgehead atoms. The summed E-state index contributed by atoms with van der Waals surface area (Å²) in [5.74, 6) is -0.320. The molecule has 3 aromatic rings. The molecule has 32 heavy (non-hydrogen) atoms. The summed E-state index contributed by atoms with van der Waals surface area (Å²) >= 11 is 1.40. The smallest absolute Gasteiger partial charge is 0.261 e. The van der Waals surface area contributed by atoms with Gasteiger partial charge < -0.3 is 0 Å². The SMILES string of the molecule is Cc1ccccc1NS(=O)(=O)c1ccc(C(=O)Nc2nc(CN3CCCCC3)cs2)cc1. The number of aryl methyl sites for hydroxylation is 1. The number of likely N-dealkylation sites (tertiary alicyclic amines) is 1. The number of hydrogen-bond acceptors (Lipinski definition) is 6. The first-order chi connectivity index (χ1) is 15.4. The summed E-state index contributed by atoms with van der Waals surface area (Å²) in [7, 11) is -3.74. The van der Waals surface area contributed by atoms with Gasteiger partial charge in [-0.05, 0) is 68.8 Å². The van der Waals surface area contributed by atoms with Crippen LogP contribution >= 0.6 is 11.3 Å². The van der Waals surface area contributed by atoms with E-state index < -0.39 is 10.0 Å². The lowest BCUT2D eigenvalue weighted by Gasteiger charge is -2.25. The number of anilines is 2. The van der Waals surface area contributed by atoms with Gasteiger partial charge in [-0.1, -0.05) is 24.6 Å². The third kappa shape index (κ3) is 5.53. The number of thiazole rings is 1. The van der Waals surface area contributed by atoms with E-state index in [2.05, 4.69) is 19.9 Å². The standard InChI is InChI=1S/C23H26N4O3S2/c1-17-7-3-4-8-21(17)26-32(29,30)20-11-9-18(10-12-20)22(28)25-23-24-19(16-31-23)15-27-13-5-2-6-14-27/h3-4,7-12,16,26H,2,5-6,13-15H2,1H3,(H,24,25,28). The third-order valence-electron chi connectivity index (χ3n) is 5.42. The lowest BCUT2D eigenvalue weighted by atomic mass is 10.1. The number of aromatic nitrogens is 1. The fraction of sp³-hybridized carbons (Fsp3) is 0.304. The molecule has 1 fully saturated rings. The topological polar surface area (TPSA) is 91.4 Å². The number of carbonyl (C=O) groups excluding carboxylic acids is 1. The molecular weight excluding hydrogens is 444 g/mol. The van der Waals surface area contributed by atoms with Crippen molar-refractivity contribution in [3.05, 3.63) is 70.7 Å². The van der Waals surface area contributed by atoms with E-state index >= 15 is 0 Å². The van der Waals surface area contributed by atoms with Crippen LogP contribution in [0.25, 0.3) is 0 Å². The van der Waals surface area contributed by atoms with Crippen LogP contribution < -0.4 is 10.0 Å². The maximum atomic E-state index is 12.7. The summed E-state index contributed by atoms with van der Waals surface area (Å²) in [5, 5.41) is 5.32. The van der Waals surface area contributed by atoms with E-state index in [0.717, 1.165) is 30.9 Å². The molecule has 9 heteroatoms. The van der Waals surface area contributed by atoms with E-state index in [4.69, 9.17) is 0 Å². The molecule has 0 unspecified atom stereocenters. The molecule has 1 aliphatic rings. The number of para-hydroxylation sites is 1. The van der Waals surface area contributed by atoms with Gasteiger partial charge in [0, 0.05) is 17.5 Å². The maximum absolute atomic E-state index is 12.7. The molecule has 0 atom stereocenters. The number of benzene rings is 2. The summed E-state index contributed by atoms with van der Waals surface area (Å²) in [6.45, 7) is 4.81. The zero-order valence-electron chi connectivity index (χ0n) is 17.9. The Bertz CT molecular complexity index is 1180. The van der Waals surface area contributed by atoms with Crippen LogP contribution in [0, 0.1) is 6.92 Å². The number of rotatable bonds is 7. The molecule has 4 rings (SSSR count). The van der Waals surface area contributed by atoms with Crippen molar-refractivity contribution in [1.82, 2.24) is 9.88 Å². The first kappa shape index (κ1) is 22.4. The second-order valence-electron chi connectivity index (χ2n) is 7.88. The van der Waals surface area contributed by atoms with Crippen molar-refractivity contribution in [1.29, 1.82) is 0 Å². The molecule has 0 radical (unpaired) electrons. The van der Waals surface area contributed by atoms with E-state index in [1.165, 1.54) is 54.9 Å². The first-order valence-electron chi connectivity index (χ1n) is 10.6. The van der Waals surface area contributed by atoms with Gasteiger partial charge in [0.05, 0.1) is 16.3 Å². The molecule has 168 valence electrons. The van der Waals surface area contributed by atoms with Crippen molar-refractivity contribution in [3.63, 3.8) is 0 Å². The van der Waals surface area contributed by atoms with Crippen molar-refractivity contribution in [2.45, 2.75) is 37.6 Å². The second-order valence-corrected chi connectivity index (χ2v) is 10.4. The number of hydrogen-bond donors (Lipinski definition) is 2. The number of nitrogens with one attached hydrogen (secondary N) is 2. The number of amides is 1. The largest absolute Gasteiger partial charge is 0.298 e. The van der Waals surface area contributed by atoms with Gasteiger partial charge in [-0.3, -0.25) is 19.7 Å². The van der Waals surface area contributed by atoms with Gasteiger partial charge in [-0.15, -0.1) is 11.3 Å². The Balaban J connectivity index is 1.38. The van der Waals surface area contributed by atoms with Gasteiger partial charge in [0.1, 0.15) is 0 Å². The van der Waals surface area contributed by atoms with Gasteiger partial charge in [0.25, 0.3) is 15.9 Å². The van der Waals surface area contributed by atoms with E-state index in [9.17, 15) is 13.2 Å². The van der Waals surface area contributed by atoms with E-state index in [0.29, 0.717) is 16.4 Å². The van der Waals surface area contributed by atoms with E-state index in [1.807, 2.05) is 24.4 Å². The van der Waals surface area contributed by atoms with Crippen LogP contribution in [0.1, 0.15) is 40.9 Å². The minimum Gasteiger partial charge on any atom is -0.298 e. The zero-order chi connectivity index (χ0) is 22.6. The summed E-state index contributed by atoms with van der Waals surface area (Å²) < 4.78 is 27.9. The molecule has 7 nitrogen and oxygen atoms in total. The van der Waals surface area contributed by atoms with Gasteiger partial charge >= 0.3 is 0 Å². The molecule has 1 saturated heterocycles. The summed E-state index contributed by atoms with van der Waals surface area (Å²) in [6, 6.07) is 13.0. The number of piperidine rings is 1. The average Bonchev–Trinajstić information content (AvgIpc) is 3.22. The molecule has 1 aromatic heterocycles. The Kier molecular flexibility index (Phi) is 6.88. The van der Waals surface area contributed by atoms with Gasteiger partial charge in [0.2, 0.25) is 0 Å². The Morgan fingerprint density at radius 3 is 2.50 bits per heavy atom. The Hall–Kier alpha value is -2.75. The quantitative estimate of drug-likeness (QED) is 0.531. The minimum atomic E-state index is -3.74. The number of carbonyl (C=O) groups is 1. The van der Waals surface area contributed by atoms with Crippen LogP contribution in [-0.2, 0) is 16.6 Å². The monoisotopic (exact) mass is 470 g/mol. The lowest BCUT2D eigenvalue weighted by molar-refractivity contribution is 0.102. The van der Waals surface area contributed by atoms with Crippen LogP contribution in [0.3, 0.4) is 0 Å². The van der Waals surface area contributed by atoms with Crippen molar-refractivity contribution in [2.24, 2.45) is 0 Å². The Morgan fingerprint density at radius 2 is 1.78 bits per heavy atom. The fourth-order valence-corrected chi connectivity index (χ4v) is 5.46. The predicted octanol–water partition coefficient (Wildman–Crippen LogP) is 4.49. The van der Waals surface area contributed by atoms with Gasteiger partial charge in [-0.2, -0.15) is 0 Å². The Morgan fingerprint density at radius 1 is 1.06 bits per heavy atom. The van der Waals surface area contributed by atoms with Crippen molar-refractivity contribution < 1.29 is 13.2 Å². The van der Waals surface area contributed by atoms with E-state index in [1.54, 1.807) is 12.1 Å². The van der Waals surface area contributed by atoms with Crippen LogP contribution in [-0.4, -0.2) is 37.3 Å². The fourth-order valence-electron chi connectivity index (χ4n) is 3.63. The third-order valence-corrected chi connectivity index (χ3v) is 7.61. The zero-order valence-corrected chi connectivity index (χ0v) is 19.5. The molecule has 0 saturated carbocycles. The number of nitrogens with zero attached hydrogens (tertiary/aromatic N) is 2. The molecule has 2 aromatic carbocycles. The summed E-state index contributed by atoms with van der Waals surface area (Å²) in [5.41, 5.74) is 2.68. The molecular formula is C23H26N4O3S2. The molecule has 2 heterocycles. The number of sulfonamides is 1. The lowest BCUT2D eigenvalue weighted by Crippen LogP contribution is -2.29.